The van der Waals surface area contributed by atoms with Crippen molar-refractivity contribution in [3.05, 3.63) is 109 Å². The molecule has 0 aliphatic heterocycles. The average Bonchev–Trinajstić information content (AvgIpc) is 3.42. The average molecular weight is 1060 g/mol. The van der Waals surface area contributed by atoms with Gasteiger partial charge in [0.05, 0.1) is 0 Å². The Morgan fingerprint density at radius 3 is 0.816 bits per heavy atom. The fraction of sp³-hybridized carbons (Fsp3) is 0.700. The Hall–Kier alpha value is -3.93. The molecule has 0 aromatic carbocycles. The van der Waals surface area contributed by atoms with Crippen LogP contribution >= 0.6 is 0 Å². The van der Waals surface area contributed by atoms with Crippen molar-refractivity contribution in [2.45, 2.75) is 303 Å². The predicted molar refractivity (Wildman–Crippen MR) is 330 cm³/mol. The molecule has 0 N–H and O–H groups in total. The summed E-state index contributed by atoms with van der Waals surface area (Å²) in [7, 11) is 0. The normalized spacial score (nSPS) is 12.8. The number of hydrogen-bond donors (Lipinski definition) is 0. The van der Waals surface area contributed by atoms with Gasteiger partial charge in [-0.1, -0.05) is 271 Å². The number of unbranched alkanes of at least 4 members (excludes halogenated alkanes) is 28. The molecule has 0 spiro atoms. The van der Waals surface area contributed by atoms with Crippen molar-refractivity contribution < 1.29 is 28.6 Å². The second kappa shape index (κ2) is 63.6. The van der Waals surface area contributed by atoms with Crippen LogP contribution in [-0.4, -0.2) is 37.2 Å². The molecule has 0 saturated carbocycles. The first-order valence-electron chi connectivity index (χ1n) is 31.9. The van der Waals surface area contributed by atoms with Crippen LogP contribution in [0.1, 0.15) is 297 Å². The number of rotatable bonds is 57. The first-order valence-corrected chi connectivity index (χ1v) is 31.9. The Morgan fingerprint density at radius 1 is 0.276 bits per heavy atom. The highest BCUT2D eigenvalue weighted by molar-refractivity contribution is 5.71. The molecule has 0 bridgehead atoms. The van der Waals surface area contributed by atoms with Gasteiger partial charge in [-0.25, -0.2) is 0 Å². The van der Waals surface area contributed by atoms with Crippen LogP contribution in [0, 0.1) is 0 Å². The van der Waals surface area contributed by atoms with E-state index in [2.05, 4.69) is 130 Å². The molecule has 0 rings (SSSR count). The SMILES string of the molecule is CC/C=C\C/C=C\C/C=C\C/C=C\C/C=C\CCCCCCCCCCCCCCCCCCCC(=O)OCC(COC(=O)CCCCCCC/C=C\CCC)OC(=O)CCCCCCC/C=C\C/C=C\C/C=C\CC. The maximum absolute atomic E-state index is 12.8. The minimum absolute atomic E-state index is 0.0861. The maximum atomic E-state index is 12.8. The van der Waals surface area contributed by atoms with Crippen LogP contribution < -0.4 is 0 Å². The largest absolute Gasteiger partial charge is 0.462 e. The molecule has 0 aliphatic rings. The number of allylic oxidation sites excluding steroid dienone is 18. The number of carbonyl (C=O) groups is 3. The van der Waals surface area contributed by atoms with Gasteiger partial charge < -0.3 is 14.2 Å². The van der Waals surface area contributed by atoms with Gasteiger partial charge in [0.1, 0.15) is 13.2 Å². The zero-order chi connectivity index (χ0) is 55.0. The molecular weight excluding hydrogens is 937 g/mol. The van der Waals surface area contributed by atoms with E-state index in [0.717, 1.165) is 148 Å². The molecule has 0 aromatic rings. The highest BCUT2D eigenvalue weighted by Gasteiger charge is 2.19. The third-order valence-electron chi connectivity index (χ3n) is 13.5. The Labute approximate surface area is 470 Å². The molecule has 0 amide bonds. The Morgan fingerprint density at radius 2 is 0.513 bits per heavy atom. The summed E-state index contributed by atoms with van der Waals surface area (Å²) < 4.78 is 16.8. The summed E-state index contributed by atoms with van der Waals surface area (Å²) in [5.41, 5.74) is 0. The third-order valence-corrected chi connectivity index (χ3v) is 13.5. The highest BCUT2D eigenvalue weighted by Crippen LogP contribution is 2.16. The van der Waals surface area contributed by atoms with Crippen molar-refractivity contribution in [1.29, 1.82) is 0 Å². The second-order valence-corrected chi connectivity index (χ2v) is 20.9. The van der Waals surface area contributed by atoms with Gasteiger partial charge in [0.25, 0.3) is 0 Å². The van der Waals surface area contributed by atoms with Crippen molar-refractivity contribution in [2.24, 2.45) is 0 Å². The summed E-state index contributed by atoms with van der Waals surface area (Å²) in [4.78, 5) is 38.1. The van der Waals surface area contributed by atoms with Crippen LogP contribution in [0.3, 0.4) is 0 Å². The zero-order valence-electron chi connectivity index (χ0n) is 49.7. The fourth-order valence-electron chi connectivity index (χ4n) is 8.78. The highest BCUT2D eigenvalue weighted by atomic mass is 16.6. The van der Waals surface area contributed by atoms with Crippen molar-refractivity contribution in [2.75, 3.05) is 13.2 Å². The molecule has 0 fully saturated rings. The fourth-order valence-corrected chi connectivity index (χ4v) is 8.78. The van der Waals surface area contributed by atoms with Crippen molar-refractivity contribution in [3.8, 4) is 0 Å². The van der Waals surface area contributed by atoms with Crippen LogP contribution in [0.5, 0.6) is 0 Å². The van der Waals surface area contributed by atoms with E-state index >= 15 is 0 Å². The van der Waals surface area contributed by atoms with Gasteiger partial charge in [0.2, 0.25) is 0 Å². The lowest BCUT2D eigenvalue weighted by Gasteiger charge is -2.18. The minimum Gasteiger partial charge on any atom is -0.462 e. The van der Waals surface area contributed by atoms with Gasteiger partial charge in [0, 0.05) is 19.3 Å². The topological polar surface area (TPSA) is 78.9 Å². The van der Waals surface area contributed by atoms with E-state index in [1.54, 1.807) is 0 Å². The maximum Gasteiger partial charge on any atom is 0.306 e. The van der Waals surface area contributed by atoms with Gasteiger partial charge >= 0.3 is 17.9 Å². The molecule has 6 nitrogen and oxygen atoms in total. The molecule has 0 aromatic heterocycles. The molecule has 434 valence electrons. The third kappa shape index (κ3) is 60.9. The summed E-state index contributed by atoms with van der Waals surface area (Å²) in [6.45, 7) is 6.34. The Kier molecular flexibility index (Phi) is 60.3. The molecule has 6 heteroatoms. The smallest absolute Gasteiger partial charge is 0.306 e. The predicted octanol–water partition coefficient (Wildman–Crippen LogP) is 21.8. The summed E-state index contributed by atoms with van der Waals surface area (Å²) in [6.07, 6.45) is 86.9. The Balaban J connectivity index is 4.11. The number of carbonyl (C=O) groups excluding carboxylic acids is 3. The van der Waals surface area contributed by atoms with E-state index in [1.165, 1.54) is 109 Å². The zero-order valence-corrected chi connectivity index (χ0v) is 49.7. The summed E-state index contributed by atoms with van der Waals surface area (Å²) in [6, 6.07) is 0. The van der Waals surface area contributed by atoms with E-state index in [1.807, 2.05) is 0 Å². The minimum atomic E-state index is -0.789. The van der Waals surface area contributed by atoms with E-state index < -0.39 is 6.10 Å². The molecule has 0 radical (unpaired) electrons. The van der Waals surface area contributed by atoms with Crippen LogP contribution in [0.15, 0.2) is 109 Å². The number of ether oxygens (including phenoxy) is 3. The summed E-state index contributed by atoms with van der Waals surface area (Å²) >= 11 is 0. The van der Waals surface area contributed by atoms with Crippen LogP contribution in [0.25, 0.3) is 0 Å². The molecule has 76 heavy (non-hydrogen) atoms. The number of hydrogen-bond acceptors (Lipinski definition) is 6. The first kappa shape index (κ1) is 72.1. The summed E-state index contributed by atoms with van der Waals surface area (Å²) in [5, 5.41) is 0. The quantitative estimate of drug-likeness (QED) is 0.0261. The second-order valence-electron chi connectivity index (χ2n) is 20.9. The lowest BCUT2D eigenvalue weighted by Crippen LogP contribution is -2.30. The molecule has 0 saturated heterocycles. The molecule has 1 unspecified atom stereocenters. The first-order chi connectivity index (χ1) is 37.5. The van der Waals surface area contributed by atoms with Gasteiger partial charge in [-0.05, 0) is 116 Å². The molecule has 0 heterocycles. The van der Waals surface area contributed by atoms with Crippen LogP contribution in [0.4, 0.5) is 0 Å². The van der Waals surface area contributed by atoms with Crippen LogP contribution in [-0.2, 0) is 28.6 Å². The van der Waals surface area contributed by atoms with Gasteiger partial charge in [-0.2, -0.15) is 0 Å². The van der Waals surface area contributed by atoms with Crippen molar-refractivity contribution in [3.63, 3.8) is 0 Å². The monoisotopic (exact) mass is 1050 g/mol. The lowest BCUT2D eigenvalue weighted by molar-refractivity contribution is -0.167. The number of esters is 3. The van der Waals surface area contributed by atoms with Gasteiger partial charge in [-0.3, -0.25) is 14.4 Å². The lowest BCUT2D eigenvalue weighted by atomic mass is 10.0. The van der Waals surface area contributed by atoms with Crippen molar-refractivity contribution in [1.82, 2.24) is 0 Å². The molecular formula is C70H118O6. The van der Waals surface area contributed by atoms with Gasteiger partial charge in [0.15, 0.2) is 6.10 Å². The van der Waals surface area contributed by atoms with Crippen LogP contribution in [0.2, 0.25) is 0 Å². The molecule has 1 atom stereocenters. The van der Waals surface area contributed by atoms with E-state index in [4.69, 9.17) is 14.2 Å². The standard InChI is InChI=1S/C70H118O6/c1-4-7-10-13-16-19-22-24-26-27-28-29-30-31-32-33-34-35-36-37-38-39-40-41-42-43-45-46-48-51-54-57-60-63-69(72)75-66-67(65-74-68(71)62-59-56-53-50-21-18-15-12-9-6-3)76-70(73)64-61-58-55-52-49-47-44-25-23-20-17-14-11-8-5-2/h7-8,10-12,15-17,19-20,24-26,28-29,31-32,44,67H,4-6,9,13-14,18,21-23,27,30,33-43,45-66H2,1-3H3/b10-7-,11-8-,15-12-,19-16-,20-17-,26-24-,29-28-,32-31-,44-25-. The van der Waals surface area contributed by atoms with E-state index in [0.29, 0.717) is 19.3 Å². The Bertz CT molecular complexity index is 1540. The van der Waals surface area contributed by atoms with Crippen molar-refractivity contribution >= 4 is 17.9 Å². The van der Waals surface area contributed by atoms with E-state index in [9.17, 15) is 14.4 Å². The van der Waals surface area contributed by atoms with Gasteiger partial charge in [-0.15, -0.1) is 0 Å². The molecule has 0 aliphatic carbocycles. The van der Waals surface area contributed by atoms with E-state index in [-0.39, 0.29) is 31.1 Å². The summed E-state index contributed by atoms with van der Waals surface area (Å²) in [5.74, 6) is -0.909.